The van der Waals surface area contributed by atoms with Crippen molar-refractivity contribution in [2.75, 3.05) is 13.1 Å². The van der Waals surface area contributed by atoms with E-state index < -0.39 is 5.97 Å². The maximum atomic E-state index is 12.2. The van der Waals surface area contributed by atoms with Crippen LogP contribution in [0.25, 0.3) is 11.1 Å². The zero-order chi connectivity index (χ0) is 20.8. The van der Waals surface area contributed by atoms with Gasteiger partial charge in [0.2, 0.25) is 0 Å². The fraction of sp³-hybridized carbons (Fsp3) is 0.391. The van der Waals surface area contributed by atoms with Crippen molar-refractivity contribution < 1.29 is 14.7 Å². The molecule has 2 amide bonds. The molecule has 0 unspecified atom stereocenters. The number of likely N-dealkylation sites (N-methyl/N-ethyl adjacent to an activating group) is 1. The first-order chi connectivity index (χ1) is 13.9. The van der Waals surface area contributed by atoms with Crippen LogP contribution >= 0.6 is 0 Å². The highest BCUT2D eigenvalue weighted by Crippen LogP contribution is 2.25. The lowest BCUT2D eigenvalue weighted by atomic mass is 9.85. The van der Waals surface area contributed by atoms with Crippen molar-refractivity contribution in [1.29, 1.82) is 0 Å². The van der Waals surface area contributed by atoms with Crippen molar-refractivity contribution in [3.05, 3.63) is 59.7 Å². The Morgan fingerprint density at radius 3 is 2.45 bits per heavy atom. The summed E-state index contributed by atoms with van der Waals surface area (Å²) in [5.41, 5.74) is 4.56. The zero-order valence-corrected chi connectivity index (χ0v) is 17.0. The number of rotatable bonds is 8. The molecule has 6 heteroatoms. The number of carboxylic acid groups (broad SMARTS) is 1. The van der Waals surface area contributed by atoms with Gasteiger partial charge in [-0.05, 0) is 49.1 Å². The van der Waals surface area contributed by atoms with Crippen molar-refractivity contribution in [2.24, 2.45) is 0 Å². The fourth-order valence-corrected chi connectivity index (χ4v) is 3.78. The van der Waals surface area contributed by atoms with Gasteiger partial charge in [-0.3, -0.25) is 9.69 Å². The molecule has 0 bridgehead atoms. The quantitative estimate of drug-likeness (QED) is 0.640. The van der Waals surface area contributed by atoms with E-state index in [0.29, 0.717) is 13.1 Å². The highest BCUT2D eigenvalue weighted by Gasteiger charge is 2.34. The van der Waals surface area contributed by atoms with Crippen molar-refractivity contribution in [3.8, 4) is 11.1 Å². The largest absolute Gasteiger partial charge is 0.480 e. The number of carboxylic acids is 1. The Hall–Kier alpha value is -2.86. The van der Waals surface area contributed by atoms with Gasteiger partial charge >= 0.3 is 12.0 Å². The van der Waals surface area contributed by atoms with Crippen molar-refractivity contribution in [2.45, 2.75) is 45.3 Å². The van der Waals surface area contributed by atoms with Crippen molar-refractivity contribution in [1.82, 2.24) is 15.5 Å². The minimum atomic E-state index is -0.811. The molecule has 0 aliphatic heterocycles. The minimum Gasteiger partial charge on any atom is -0.480 e. The van der Waals surface area contributed by atoms with Crippen LogP contribution in [-0.2, 0) is 11.3 Å². The summed E-state index contributed by atoms with van der Waals surface area (Å²) in [6.45, 7) is 5.25. The molecule has 0 heterocycles. The van der Waals surface area contributed by atoms with Gasteiger partial charge in [-0.1, -0.05) is 55.0 Å². The van der Waals surface area contributed by atoms with Gasteiger partial charge < -0.3 is 15.7 Å². The minimum absolute atomic E-state index is 0.0529. The lowest BCUT2D eigenvalue weighted by Crippen LogP contribution is -2.56. The predicted octanol–water partition coefficient (Wildman–Crippen LogP) is 3.40. The third-order valence-electron chi connectivity index (χ3n) is 5.44. The normalized spacial score (nSPS) is 18.2. The third-order valence-corrected chi connectivity index (χ3v) is 5.44. The zero-order valence-electron chi connectivity index (χ0n) is 17.0. The standard InChI is InChI=1S/C23H29N3O3/c1-3-26(15-22(27)28)21-12-20(13-21)25-23(29)24-14-17-7-5-9-19(11-17)18-8-4-6-16(2)10-18/h4-11,20-21H,3,12-15H2,1-2H3,(H,27,28)(H2,24,25,29). The van der Waals surface area contributed by atoms with Crippen LogP contribution in [0.3, 0.4) is 0 Å². The van der Waals surface area contributed by atoms with Crippen LogP contribution in [0.5, 0.6) is 0 Å². The lowest BCUT2D eigenvalue weighted by molar-refractivity contribution is -0.139. The second kappa shape index (κ2) is 9.56. The summed E-state index contributed by atoms with van der Waals surface area (Å²) in [6, 6.07) is 16.7. The molecule has 154 valence electrons. The maximum Gasteiger partial charge on any atom is 0.317 e. The Kier molecular flexibility index (Phi) is 6.88. The average molecular weight is 396 g/mol. The monoisotopic (exact) mass is 395 g/mol. The Morgan fingerprint density at radius 1 is 1.10 bits per heavy atom. The molecule has 0 radical (unpaired) electrons. The first-order valence-corrected chi connectivity index (χ1v) is 10.1. The average Bonchev–Trinajstić information content (AvgIpc) is 2.67. The summed E-state index contributed by atoms with van der Waals surface area (Å²) in [6.07, 6.45) is 1.58. The molecule has 0 atom stereocenters. The molecule has 0 aromatic heterocycles. The molecule has 1 saturated carbocycles. The smallest absolute Gasteiger partial charge is 0.317 e. The van der Waals surface area contributed by atoms with Crippen LogP contribution in [0.1, 0.15) is 30.9 Å². The molecule has 1 aliphatic rings. The van der Waals surface area contributed by atoms with E-state index in [1.165, 1.54) is 11.1 Å². The number of amides is 2. The summed E-state index contributed by atoms with van der Waals surface area (Å²) in [5.74, 6) is -0.811. The van der Waals surface area contributed by atoms with Gasteiger partial charge in [-0.25, -0.2) is 4.79 Å². The summed E-state index contributed by atoms with van der Waals surface area (Å²) < 4.78 is 0. The first kappa shape index (κ1) is 20.9. The van der Waals surface area contributed by atoms with E-state index in [-0.39, 0.29) is 24.7 Å². The van der Waals surface area contributed by atoms with Crippen molar-refractivity contribution >= 4 is 12.0 Å². The summed E-state index contributed by atoms with van der Waals surface area (Å²) >= 11 is 0. The molecule has 0 saturated heterocycles. The molecule has 2 aromatic rings. The van der Waals surface area contributed by atoms with Gasteiger partial charge in [0.1, 0.15) is 0 Å². The molecule has 6 nitrogen and oxygen atoms in total. The van der Waals surface area contributed by atoms with Gasteiger partial charge in [0.25, 0.3) is 0 Å². The van der Waals surface area contributed by atoms with E-state index in [0.717, 1.165) is 24.0 Å². The van der Waals surface area contributed by atoms with Crippen molar-refractivity contribution in [3.63, 3.8) is 0 Å². The topological polar surface area (TPSA) is 81.7 Å². The third kappa shape index (κ3) is 5.81. The second-order valence-electron chi connectivity index (χ2n) is 7.68. The molecule has 2 aromatic carbocycles. The van der Waals surface area contributed by atoms with Gasteiger partial charge in [-0.15, -0.1) is 0 Å². The fourth-order valence-electron chi connectivity index (χ4n) is 3.78. The van der Waals surface area contributed by atoms with Gasteiger partial charge in [0, 0.05) is 18.6 Å². The number of urea groups is 1. The molecular formula is C23H29N3O3. The molecule has 0 spiro atoms. The second-order valence-corrected chi connectivity index (χ2v) is 7.68. The lowest BCUT2D eigenvalue weighted by Gasteiger charge is -2.42. The molecule has 1 aliphatic carbocycles. The molecule has 29 heavy (non-hydrogen) atoms. The van der Waals surface area contributed by atoms with Crippen LogP contribution in [0.4, 0.5) is 4.79 Å². The Balaban J connectivity index is 1.46. The maximum absolute atomic E-state index is 12.2. The van der Waals surface area contributed by atoms with E-state index in [1.54, 1.807) is 0 Å². The van der Waals surface area contributed by atoms with E-state index in [1.807, 2.05) is 30.0 Å². The van der Waals surface area contributed by atoms with Gasteiger partial charge in [0.05, 0.1) is 6.54 Å². The Labute approximate surface area is 171 Å². The number of nitrogens with one attached hydrogen (secondary N) is 2. The predicted molar refractivity (Wildman–Crippen MR) is 114 cm³/mol. The van der Waals surface area contributed by atoms with E-state index in [4.69, 9.17) is 5.11 Å². The van der Waals surface area contributed by atoms with Crippen LogP contribution < -0.4 is 10.6 Å². The number of aliphatic carboxylic acids is 1. The Morgan fingerprint density at radius 2 is 1.79 bits per heavy atom. The van der Waals surface area contributed by atoms with Crippen LogP contribution in [0.2, 0.25) is 0 Å². The number of hydrogen-bond donors (Lipinski definition) is 3. The summed E-state index contributed by atoms with van der Waals surface area (Å²) in [5, 5.41) is 14.9. The number of aryl methyl sites for hydroxylation is 1. The summed E-state index contributed by atoms with van der Waals surface area (Å²) in [4.78, 5) is 25.1. The number of carbonyl (C=O) groups is 2. The number of benzene rings is 2. The number of nitrogens with zero attached hydrogens (tertiary/aromatic N) is 1. The highest BCUT2D eigenvalue weighted by atomic mass is 16.4. The SMILES string of the molecule is CCN(CC(=O)O)C1CC(NC(=O)NCc2cccc(-c3cccc(C)c3)c2)C1. The van der Waals surface area contributed by atoms with Gasteiger partial charge in [-0.2, -0.15) is 0 Å². The molecule has 1 fully saturated rings. The van der Waals surface area contributed by atoms with E-state index >= 15 is 0 Å². The molecule has 3 rings (SSSR count). The molecular weight excluding hydrogens is 366 g/mol. The van der Waals surface area contributed by atoms with Crippen LogP contribution in [0.15, 0.2) is 48.5 Å². The molecule has 3 N–H and O–H groups in total. The van der Waals surface area contributed by atoms with Crippen LogP contribution in [-0.4, -0.2) is 47.2 Å². The highest BCUT2D eigenvalue weighted by molar-refractivity contribution is 5.74. The number of hydrogen-bond acceptors (Lipinski definition) is 3. The Bertz CT molecular complexity index is 862. The first-order valence-electron chi connectivity index (χ1n) is 10.1. The van der Waals surface area contributed by atoms with Gasteiger partial charge in [0.15, 0.2) is 0 Å². The van der Waals surface area contributed by atoms with E-state index in [2.05, 4.69) is 47.9 Å². The summed E-state index contributed by atoms with van der Waals surface area (Å²) in [7, 11) is 0. The van der Waals surface area contributed by atoms with E-state index in [9.17, 15) is 9.59 Å². The number of carbonyl (C=O) groups excluding carboxylic acids is 1. The van der Waals surface area contributed by atoms with Crippen LogP contribution in [0, 0.1) is 6.92 Å².